The molecule has 0 amide bonds. The summed E-state index contributed by atoms with van der Waals surface area (Å²) in [6.45, 7) is 2.79. The SMILES string of the molecule is CCn1nnc2c(SC)ncnc21. The predicted molar refractivity (Wildman–Crippen MR) is 50.6 cm³/mol. The Morgan fingerprint density at radius 3 is 3.00 bits per heavy atom. The Morgan fingerprint density at radius 1 is 1.46 bits per heavy atom. The lowest BCUT2D eigenvalue weighted by Crippen LogP contribution is -1.97. The van der Waals surface area contributed by atoms with Gasteiger partial charge in [-0.3, -0.25) is 0 Å². The molecule has 0 radical (unpaired) electrons. The van der Waals surface area contributed by atoms with Crippen molar-refractivity contribution in [3.63, 3.8) is 0 Å². The first-order valence-corrected chi connectivity index (χ1v) is 5.17. The van der Waals surface area contributed by atoms with E-state index in [9.17, 15) is 0 Å². The zero-order valence-electron chi connectivity index (χ0n) is 7.43. The summed E-state index contributed by atoms with van der Waals surface area (Å²) in [5, 5.41) is 8.88. The number of nitrogens with zero attached hydrogens (tertiary/aromatic N) is 5. The highest BCUT2D eigenvalue weighted by atomic mass is 32.2. The molecule has 2 heterocycles. The van der Waals surface area contributed by atoms with Crippen molar-refractivity contribution >= 4 is 22.9 Å². The summed E-state index contributed by atoms with van der Waals surface area (Å²) in [5.41, 5.74) is 1.60. The molecular formula is C7H9N5S. The average Bonchev–Trinajstić information content (AvgIpc) is 2.60. The van der Waals surface area contributed by atoms with E-state index in [-0.39, 0.29) is 0 Å². The molecule has 0 aliphatic heterocycles. The van der Waals surface area contributed by atoms with Crippen molar-refractivity contribution in [3.8, 4) is 0 Å². The van der Waals surface area contributed by atoms with Crippen molar-refractivity contribution in [1.29, 1.82) is 0 Å². The number of hydrogen-bond donors (Lipinski definition) is 0. The van der Waals surface area contributed by atoms with Crippen molar-refractivity contribution in [2.45, 2.75) is 18.5 Å². The minimum atomic E-state index is 0.779. The maximum atomic E-state index is 4.13. The summed E-state index contributed by atoms with van der Waals surface area (Å²) in [4.78, 5) is 8.24. The summed E-state index contributed by atoms with van der Waals surface area (Å²) in [6.07, 6.45) is 3.51. The van der Waals surface area contributed by atoms with Crippen LogP contribution in [0.15, 0.2) is 11.4 Å². The third kappa shape index (κ3) is 1.27. The Labute approximate surface area is 79.6 Å². The quantitative estimate of drug-likeness (QED) is 0.527. The van der Waals surface area contributed by atoms with Gasteiger partial charge in [-0.25, -0.2) is 14.6 Å². The largest absolute Gasteiger partial charge is 0.227 e. The second-order valence-electron chi connectivity index (χ2n) is 2.46. The monoisotopic (exact) mass is 195 g/mol. The summed E-state index contributed by atoms with van der Waals surface area (Å²) in [6, 6.07) is 0. The Bertz CT molecular complexity index is 424. The summed E-state index contributed by atoms with van der Waals surface area (Å²) < 4.78 is 1.76. The van der Waals surface area contributed by atoms with Crippen molar-refractivity contribution in [2.75, 3.05) is 6.26 Å². The van der Waals surface area contributed by atoms with E-state index in [1.165, 1.54) is 0 Å². The fourth-order valence-corrected chi connectivity index (χ4v) is 1.61. The van der Waals surface area contributed by atoms with Crippen molar-refractivity contribution < 1.29 is 0 Å². The van der Waals surface area contributed by atoms with E-state index in [1.54, 1.807) is 22.8 Å². The zero-order valence-corrected chi connectivity index (χ0v) is 8.25. The molecule has 0 bridgehead atoms. The van der Waals surface area contributed by atoms with E-state index >= 15 is 0 Å². The van der Waals surface area contributed by atoms with Gasteiger partial charge in [-0.1, -0.05) is 5.21 Å². The fourth-order valence-electron chi connectivity index (χ4n) is 1.13. The summed E-state index contributed by atoms with van der Waals surface area (Å²) in [5.74, 6) is 0. The first kappa shape index (κ1) is 8.43. The highest BCUT2D eigenvalue weighted by Gasteiger charge is 2.08. The lowest BCUT2D eigenvalue weighted by Gasteiger charge is -1.96. The van der Waals surface area contributed by atoms with E-state index in [4.69, 9.17) is 0 Å². The standard InChI is InChI=1S/C7H9N5S/c1-3-12-6-5(10-11-12)7(13-2)9-4-8-6/h4H,3H2,1-2H3. The maximum Gasteiger partial charge on any atom is 0.182 e. The van der Waals surface area contributed by atoms with Crippen LogP contribution < -0.4 is 0 Å². The van der Waals surface area contributed by atoms with Crippen LogP contribution in [-0.4, -0.2) is 31.2 Å². The number of fused-ring (bicyclic) bond motifs is 1. The Morgan fingerprint density at radius 2 is 2.31 bits per heavy atom. The van der Waals surface area contributed by atoms with Crippen LogP contribution in [0.25, 0.3) is 11.2 Å². The molecule has 13 heavy (non-hydrogen) atoms. The number of aryl methyl sites for hydroxylation is 1. The molecule has 0 fully saturated rings. The molecule has 0 atom stereocenters. The van der Waals surface area contributed by atoms with Crippen molar-refractivity contribution in [3.05, 3.63) is 6.33 Å². The summed E-state index contributed by atoms with van der Waals surface area (Å²) in [7, 11) is 0. The van der Waals surface area contributed by atoms with Crippen LogP contribution in [-0.2, 0) is 6.54 Å². The molecule has 2 aromatic heterocycles. The summed E-state index contributed by atoms with van der Waals surface area (Å²) >= 11 is 1.56. The van der Waals surface area contributed by atoms with Crippen molar-refractivity contribution in [1.82, 2.24) is 25.0 Å². The third-order valence-electron chi connectivity index (χ3n) is 1.76. The highest BCUT2D eigenvalue weighted by Crippen LogP contribution is 2.19. The lowest BCUT2D eigenvalue weighted by atomic mass is 10.5. The predicted octanol–water partition coefficient (Wildman–Crippen LogP) is 0.963. The molecule has 2 aromatic rings. The van der Waals surface area contributed by atoms with E-state index in [1.807, 2.05) is 13.2 Å². The van der Waals surface area contributed by atoms with Gasteiger partial charge in [0.2, 0.25) is 0 Å². The second kappa shape index (κ2) is 3.29. The first-order valence-electron chi connectivity index (χ1n) is 3.95. The van der Waals surface area contributed by atoms with Crippen LogP contribution in [0.4, 0.5) is 0 Å². The molecule has 2 rings (SSSR count). The molecule has 0 aromatic carbocycles. The molecule has 0 saturated carbocycles. The molecule has 0 aliphatic rings. The van der Waals surface area contributed by atoms with Crippen LogP contribution in [0.1, 0.15) is 6.92 Å². The minimum absolute atomic E-state index is 0.779. The van der Waals surface area contributed by atoms with Crippen LogP contribution >= 0.6 is 11.8 Å². The van der Waals surface area contributed by atoms with Crippen LogP contribution in [0.5, 0.6) is 0 Å². The molecule has 68 valence electrons. The normalized spacial score (nSPS) is 10.9. The third-order valence-corrected chi connectivity index (χ3v) is 2.44. The molecule has 0 unspecified atom stereocenters. The molecule has 6 heteroatoms. The number of hydrogen-bond acceptors (Lipinski definition) is 5. The first-order chi connectivity index (χ1) is 6.36. The minimum Gasteiger partial charge on any atom is -0.227 e. The molecule has 5 nitrogen and oxygen atoms in total. The Hall–Kier alpha value is -1.17. The van der Waals surface area contributed by atoms with Gasteiger partial charge >= 0.3 is 0 Å². The molecule has 0 aliphatic carbocycles. The van der Waals surface area contributed by atoms with Crippen LogP contribution in [0.2, 0.25) is 0 Å². The average molecular weight is 195 g/mol. The van der Waals surface area contributed by atoms with Crippen LogP contribution in [0, 0.1) is 0 Å². The van der Waals surface area contributed by atoms with Gasteiger partial charge in [0.25, 0.3) is 0 Å². The smallest absolute Gasteiger partial charge is 0.182 e. The van der Waals surface area contributed by atoms with Gasteiger partial charge in [0, 0.05) is 6.54 Å². The maximum absolute atomic E-state index is 4.13. The van der Waals surface area contributed by atoms with Crippen molar-refractivity contribution in [2.24, 2.45) is 0 Å². The molecule has 0 N–H and O–H groups in total. The second-order valence-corrected chi connectivity index (χ2v) is 3.26. The van der Waals surface area contributed by atoms with E-state index in [2.05, 4.69) is 20.3 Å². The number of aromatic nitrogens is 5. The van der Waals surface area contributed by atoms with Gasteiger partial charge in [0.15, 0.2) is 11.2 Å². The fraction of sp³-hybridized carbons (Fsp3) is 0.429. The number of rotatable bonds is 2. The Balaban J connectivity index is 2.72. The van der Waals surface area contributed by atoms with Gasteiger partial charge in [0.1, 0.15) is 11.4 Å². The van der Waals surface area contributed by atoms with Gasteiger partial charge in [0.05, 0.1) is 0 Å². The van der Waals surface area contributed by atoms with E-state index in [0.717, 1.165) is 22.7 Å². The van der Waals surface area contributed by atoms with E-state index < -0.39 is 0 Å². The topological polar surface area (TPSA) is 56.5 Å². The van der Waals surface area contributed by atoms with Gasteiger partial charge in [-0.15, -0.1) is 16.9 Å². The van der Waals surface area contributed by atoms with Gasteiger partial charge in [-0.2, -0.15) is 0 Å². The van der Waals surface area contributed by atoms with E-state index in [0.29, 0.717) is 0 Å². The van der Waals surface area contributed by atoms with Crippen LogP contribution in [0.3, 0.4) is 0 Å². The Kier molecular flexibility index (Phi) is 2.13. The molecule has 0 spiro atoms. The number of thioether (sulfide) groups is 1. The molecular weight excluding hydrogens is 186 g/mol. The highest BCUT2D eigenvalue weighted by molar-refractivity contribution is 7.98. The lowest BCUT2D eigenvalue weighted by molar-refractivity contribution is 0.641. The zero-order chi connectivity index (χ0) is 9.26. The van der Waals surface area contributed by atoms with Gasteiger partial charge in [-0.05, 0) is 13.2 Å². The van der Waals surface area contributed by atoms with Gasteiger partial charge < -0.3 is 0 Å². The molecule has 0 saturated heterocycles.